The molecular weight excluding hydrogens is 721 g/mol. The Morgan fingerprint density at radius 3 is 1.69 bits per heavy atom. The summed E-state index contributed by atoms with van der Waals surface area (Å²) in [5, 5.41) is 10.9. The van der Waals surface area contributed by atoms with Gasteiger partial charge in [0.05, 0.1) is 13.2 Å². The molecule has 0 amide bonds. The Bertz CT molecular complexity index is 1890. The lowest BCUT2D eigenvalue weighted by Crippen LogP contribution is -2.46. The van der Waals surface area contributed by atoms with Crippen molar-refractivity contribution in [3.63, 3.8) is 0 Å². The molecule has 0 aliphatic carbocycles. The summed E-state index contributed by atoms with van der Waals surface area (Å²) in [6.07, 6.45) is -6.57. The van der Waals surface area contributed by atoms with Crippen LogP contribution in [0.25, 0.3) is 22.3 Å². The first-order valence-electron chi connectivity index (χ1n) is 15.7. The molecule has 0 aromatic heterocycles. The second kappa shape index (κ2) is 14.5. The predicted octanol–water partition coefficient (Wildman–Crippen LogP) is 10.6. The number of benzene rings is 4. The van der Waals surface area contributed by atoms with Gasteiger partial charge in [-0.05, 0) is 60.0 Å². The van der Waals surface area contributed by atoms with Crippen LogP contribution >= 0.6 is 0 Å². The molecule has 0 unspecified atom stereocenters. The van der Waals surface area contributed by atoms with Crippen LogP contribution < -0.4 is 9.47 Å². The maximum atomic E-state index is 15.3. The van der Waals surface area contributed by atoms with Crippen LogP contribution in [0.2, 0.25) is 0 Å². The molecule has 1 saturated heterocycles. The van der Waals surface area contributed by atoms with Crippen LogP contribution in [0.1, 0.15) is 50.7 Å². The van der Waals surface area contributed by atoms with Gasteiger partial charge in [0.1, 0.15) is 34.6 Å². The fourth-order valence-electron chi connectivity index (χ4n) is 5.61. The standard InChI is InChI=1S/C36H29F11O5/c1-3-4-5-10-33(2)17-49-35(48,50-18-33)21-6-8-23(25(37)15-21)19-11-27(39)31(28(40)12-19)34(43,44)51-22-7-9-24(26(38)16-22)20-13-29(41)32(30(42)14-20)52-36(45,46)47/h6-9,11-16,48H,3-5,10,17-18H2,1-2H3. The van der Waals surface area contributed by atoms with Gasteiger partial charge in [-0.25, -0.2) is 26.3 Å². The second-order valence-electron chi connectivity index (χ2n) is 12.5. The normalized spacial score (nSPS) is 19.5. The van der Waals surface area contributed by atoms with Gasteiger partial charge in [-0.3, -0.25) is 0 Å². The predicted molar refractivity (Wildman–Crippen MR) is 163 cm³/mol. The summed E-state index contributed by atoms with van der Waals surface area (Å²) in [6.45, 7) is 4.16. The lowest BCUT2D eigenvalue weighted by atomic mass is 9.85. The third-order valence-electron chi connectivity index (χ3n) is 8.31. The van der Waals surface area contributed by atoms with Crippen molar-refractivity contribution in [2.24, 2.45) is 5.41 Å². The van der Waals surface area contributed by atoms with Gasteiger partial charge in [0.15, 0.2) is 11.6 Å². The molecule has 5 nitrogen and oxygen atoms in total. The summed E-state index contributed by atoms with van der Waals surface area (Å²) in [4.78, 5) is 0. The van der Waals surface area contributed by atoms with Crippen molar-refractivity contribution >= 4 is 0 Å². The number of hydrogen-bond donors (Lipinski definition) is 1. The summed E-state index contributed by atoms with van der Waals surface area (Å²) in [5.74, 6) is -15.2. The summed E-state index contributed by atoms with van der Waals surface area (Å²) in [7, 11) is 0. The molecule has 0 bridgehead atoms. The summed E-state index contributed by atoms with van der Waals surface area (Å²) >= 11 is 0. The highest BCUT2D eigenvalue weighted by Gasteiger charge is 2.44. The number of halogens is 11. The summed E-state index contributed by atoms with van der Waals surface area (Å²) < 4.78 is 175. The molecule has 280 valence electrons. The average molecular weight is 751 g/mol. The Hall–Kier alpha value is -4.41. The SMILES string of the molecule is CCCCCC1(C)COC(O)(c2ccc(-c3cc(F)c(C(F)(F)Oc4ccc(-c5cc(F)c(OC(F)(F)F)c(F)c5)c(F)c4)c(F)c3)c(F)c2)OC1. The number of aliphatic hydroxyl groups is 1. The van der Waals surface area contributed by atoms with E-state index in [4.69, 9.17) is 9.47 Å². The largest absolute Gasteiger partial charge is 0.573 e. The molecule has 1 N–H and O–H groups in total. The first-order valence-corrected chi connectivity index (χ1v) is 15.7. The lowest BCUT2D eigenvalue weighted by molar-refractivity contribution is -0.415. The molecule has 0 radical (unpaired) electrons. The Morgan fingerprint density at radius 1 is 0.673 bits per heavy atom. The molecule has 4 aromatic carbocycles. The van der Waals surface area contributed by atoms with Crippen molar-refractivity contribution in [2.45, 2.75) is 58.0 Å². The average Bonchev–Trinajstić information content (AvgIpc) is 3.03. The highest BCUT2D eigenvalue weighted by atomic mass is 19.4. The molecule has 16 heteroatoms. The first kappa shape index (κ1) is 38.8. The third-order valence-corrected chi connectivity index (χ3v) is 8.31. The molecule has 5 rings (SSSR count). The van der Waals surface area contributed by atoms with Gasteiger partial charge < -0.3 is 24.1 Å². The molecule has 52 heavy (non-hydrogen) atoms. The van der Waals surface area contributed by atoms with Crippen LogP contribution in [-0.2, 0) is 21.6 Å². The molecule has 0 spiro atoms. The van der Waals surface area contributed by atoms with E-state index < -0.39 is 98.1 Å². The highest BCUT2D eigenvalue weighted by molar-refractivity contribution is 5.67. The summed E-state index contributed by atoms with van der Waals surface area (Å²) in [5.41, 5.74) is -4.76. The topological polar surface area (TPSA) is 57.2 Å². The van der Waals surface area contributed by atoms with E-state index in [0.717, 1.165) is 37.8 Å². The van der Waals surface area contributed by atoms with Gasteiger partial charge in [0, 0.05) is 28.2 Å². The van der Waals surface area contributed by atoms with Crippen LogP contribution in [0.4, 0.5) is 48.3 Å². The van der Waals surface area contributed by atoms with E-state index in [9.17, 15) is 31.4 Å². The lowest BCUT2D eigenvalue weighted by Gasteiger charge is -2.42. The molecule has 0 atom stereocenters. The van der Waals surface area contributed by atoms with Crippen molar-refractivity contribution in [1.82, 2.24) is 0 Å². The van der Waals surface area contributed by atoms with Crippen molar-refractivity contribution in [1.29, 1.82) is 0 Å². The maximum absolute atomic E-state index is 15.3. The Labute approximate surface area is 289 Å². The number of unbranched alkanes of at least 4 members (excludes halogenated alkanes) is 2. The van der Waals surface area contributed by atoms with Crippen LogP contribution in [0.3, 0.4) is 0 Å². The fourth-order valence-corrected chi connectivity index (χ4v) is 5.61. The van der Waals surface area contributed by atoms with E-state index in [1.54, 1.807) is 0 Å². The monoisotopic (exact) mass is 750 g/mol. The van der Waals surface area contributed by atoms with E-state index in [1.807, 2.05) is 6.92 Å². The first-order chi connectivity index (χ1) is 24.2. The van der Waals surface area contributed by atoms with Gasteiger partial charge in [-0.15, -0.1) is 13.2 Å². The molecule has 4 aromatic rings. The number of alkyl halides is 5. The van der Waals surface area contributed by atoms with Gasteiger partial charge in [0.2, 0.25) is 5.75 Å². The van der Waals surface area contributed by atoms with E-state index in [0.29, 0.717) is 36.4 Å². The summed E-state index contributed by atoms with van der Waals surface area (Å²) in [6, 6.07) is 6.00. The number of ether oxygens (including phenoxy) is 4. The second-order valence-corrected chi connectivity index (χ2v) is 12.5. The fraction of sp³-hybridized carbons (Fsp3) is 0.333. The minimum atomic E-state index is -5.44. The van der Waals surface area contributed by atoms with Crippen LogP contribution in [0.15, 0.2) is 60.7 Å². The zero-order chi connectivity index (χ0) is 38.2. The quantitative estimate of drug-likeness (QED) is 0.122. The smallest absolute Gasteiger partial charge is 0.429 e. The third kappa shape index (κ3) is 8.45. The van der Waals surface area contributed by atoms with E-state index >= 15 is 22.0 Å². The zero-order valence-electron chi connectivity index (χ0n) is 27.3. The molecule has 1 heterocycles. The number of rotatable bonds is 11. The Morgan fingerprint density at radius 2 is 1.19 bits per heavy atom. The molecule has 1 aliphatic heterocycles. The van der Waals surface area contributed by atoms with E-state index in [-0.39, 0.29) is 24.8 Å². The number of hydrogen-bond acceptors (Lipinski definition) is 5. The van der Waals surface area contributed by atoms with Crippen molar-refractivity contribution < 1.29 is 72.3 Å². The zero-order valence-corrected chi connectivity index (χ0v) is 27.3. The van der Waals surface area contributed by atoms with Crippen molar-refractivity contribution in [3.8, 4) is 33.8 Å². The van der Waals surface area contributed by atoms with Gasteiger partial charge >= 0.3 is 18.4 Å². The molecule has 0 saturated carbocycles. The van der Waals surface area contributed by atoms with Gasteiger partial charge in [-0.2, -0.15) is 8.78 Å². The van der Waals surface area contributed by atoms with Crippen molar-refractivity contribution in [2.75, 3.05) is 13.2 Å². The van der Waals surface area contributed by atoms with Crippen LogP contribution in [0.5, 0.6) is 11.5 Å². The van der Waals surface area contributed by atoms with E-state index in [2.05, 4.69) is 16.4 Å². The van der Waals surface area contributed by atoms with Gasteiger partial charge in [0.25, 0.3) is 0 Å². The molecule has 1 aliphatic rings. The maximum Gasteiger partial charge on any atom is 0.573 e. The Kier molecular flexibility index (Phi) is 10.9. The minimum Gasteiger partial charge on any atom is -0.429 e. The Balaban J connectivity index is 1.33. The highest BCUT2D eigenvalue weighted by Crippen LogP contribution is 2.41. The van der Waals surface area contributed by atoms with Crippen molar-refractivity contribution in [3.05, 3.63) is 107 Å². The van der Waals surface area contributed by atoms with E-state index in [1.165, 1.54) is 6.07 Å². The minimum absolute atomic E-state index is 0.0967. The van der Waals surface area contributed by atoms with Crippen LogP contribution in [-0.4, -0.2) is 24.7 Å². The molecular formula is C36H29F11O5. The van der Waals surface area contributed by atoms with Crippen LogP contribution in [0, 0.1) is 40.3 Å². The molecule has 1 fully saturated rings. The van der Waals surface area contributed by atoms with Gasteiger partial charge in [-0.1, -0.05) is 45.2 Å².